The van der Waals surface area contributed by atoms with Gasteiger partial charge in [0.2, 0.25) is 0 Å². The molecule has 0 atom stereocenters. The van der Waals surface area contributed by atoms with Crippen LogP contribution in [0, 0.1) is 35.3 Å². The predicted molar refractivity (Wildman–Crippen MR) is 109 cm³/mol. The number of benzene rings is 2. The van der Waals surface area contributed by atoms with E-state index in [2.05, 4.69) is 6.07 Å². The molecule has 2 aromatic carbocycles. The lowest BCUT2D eigenvalue weighted by Gasteiger charge is -2.09. The van der Waals surface area contributed by atoms with Gasteiger partial charge in [-0.1, -0.05) is 12.1 Å². The molecule has 1 N–H and O–H groups in total. The van der Waals surface area contributed by atoms with Crippen LogP contribution in [0.3, 0.4) is 0 Å². The number of carboxylic acids is 1. The number of aryl methyl sites for hydroxylation is 1. The van der Waals surface area contributed by atoms with Gasteiger partial charge in [-0.15, -0.1) is 0 Å². The number of carbonyl (C=O) groups is 1. The molecule has 7 nitrogen and oxygen atoms in total. The second kappa shape index (κ2) is 7.82. The third-order valence-electron chi connectivity index (χ3n) is 4.65. The van der Waals surface area contributed by atoms with E-state index in [4.69, 9.17) is 5.11 Å². The fourth-order valence-electron chi connectivity index (χ4n) is 3.18. The number of allylic oxidation sites excluding steroid dienone is 1. The van der Waals surface area contributed by atoms with Crippen molar-refractivity contribution in [3.05, 3.63) is 92.8 Å². The minimum Gasteiger partial charge on any atom is -0.478 e. The summed E-state index contributed by atoms with van der Waals surface area (Å²) in [6, 6.07) is 16.5. The molecule has 0 fully saturated rings. The second-order valence-electron chi connectivity index (χ2n) is 6.49. The molecule has 0 bridgehead atoms. The van der Waals surface area contributed by atoms with Gasteiger partial charge in [0.25, 0.3) is 5.69 Å². The van der Waals surface area contributed by atoms with Crippen LogP contribution in [0.2, 0.25) is 0 Å². The first kappa shape index (κ1) is 19.6. The van der Waals surface area contributed by atoms with Gasteiger partial charge in [-0.3, -0.25) is 10.1 Å². The maximum Gasteiger partial charge on any atom is 0.335 e. The number of hydrogen-bond donors (Lipinski definition) is 1. The van der Waals surface area contributed by atoms with Crippen molar-refractivity contribution in [1.82, 2.24) is 4.57 Å². The molecule has 0 amide bonds. The van der Waals surface area contributed by atoms with Crippen molar-refractivity contribution in [3.63, 3.8) is 0 Å². The Bertz CT molecular complexity index is 1160. The normalized spacial score (nSPS) is 11.1. The highest BCUT2D eigenvalue weighted by molar-refractivity contribution is 5.92. The number of nitriles is 1. The average Bonchev–Trinajstić information content (AvgIpc) is 2.99. The third kappa shape index (κ3) is 3.92. The highest BCUT2D eigenvalue weighted by atomic mass is 16.6. The van der Waals surface area contributed by atoms with Gasteiger partial charge in [-0.05, 0) is 61.4 Å². The molecule has 0 radical (unpaired) electrons. The standard InChI is InChI=1S/C22H17N3O4/c1-14-11-18(12-19(13-23)16-3-5-17(6-4-16)22(26)27)15(2)24(14)20-7-9-21(10-8-20)25(28)29/h3-12H,1-2H3,(H,26,27)/b19-12+. The minimum absolute atomic E-state index is 0.0212. The number of aromatic carboxylic acids is 1. The minimum atomic E-state index is -1.02. The summed E-state index contributed by atoms with van der Waals surface area (Å²) in [4.78, 5) is 21.4. The van der Waals surface area contributed by atoms with Crippen molar-refractivity contribution in [2.45, 2.75) is 13.8 Å². The van der Waals surface area contributed by atoms with E-state index in [1.807, 2.05) is 24.5 Å². The Morgan fingerprint density at radius 2 is 1.69 bits per heavy atom. The van der Waals surface area contributed by atoms with Crippen molar-refractivity contribution < 1.29 is 14.8 Å². The molecule has 3 rings (SSSR count). The van der Waals surface area contributed by atoms with Crippen molar-refractivity contribution >= 4 is 23.3 Å². The fourth-order valence-corrected chi connectivity index (χ4v) is 3.18. The van der Waals surface area contributed by atoms with Gasteiger partial charge in [0.15, 0.2) is 0 Å². The molecular formula is C22H17N3O4. The maximum absolute atomic E-state index is 11.0. The largest absolute Gasteiger partial charge is 0.478 e. The Balaban J connectivity index is 2.01. The van der Waals surface area contributed by atoms with Crippen LogP contribution < -0.4 is 0 Å². The molecule has 0 saturated carbocycles. The number of nitrogens with zero attached hydrogens (tertiary/aromatic N) is 3. The van der Waals surface area contributed by atoms with E-state index in [-0.39, 0.29) is 11.3 Å². The van der Waals surface area contributed by atoms with Gasteiger partial charge >= 0.3 is 5.97 Å². The van der Waals surface area contributed by atoms with E-state index in [1.165, 1.54) is 24.3 Å². The third-order valence-corrected chi connectivity index (χ3v) is 4.65. The summed E-state index contributed by atoms with van der Waals surface area (Å²) >= 11 is 0. The van der Waals surface area contributed by atoms with Gasteiger partial charge in [0.05, 0.1) is 22.1 Å². The first-order chi connectivity index (χ1) is 13.8. The SMILES string of the molecule is Cc1cc(/C=C(\C#N)c2ccc(C(=O)O)cc2)c(C)n1-c1ccc([N+](=O)[O-])cc1. The first-order valence-corrected chi connectivity index (χ1v) is 8.71. The van der Waals surface area contributed by atoms with Gasteiger partial charge < -0.3 is 9.67 Å². The topological polar surface area (TPSA) is 109 Å². The summed E-state index contributed by atoms with van der Waals surface area (Å²) < 4.78 is 1.96. The monoisotopic (exact) mass is 387 g/mol. The number of nitro benzene ring substituents is 1. The molecule has 1 aromatic heterocycles. The van der Waals surface area contributed by atoms with E-state index < -0.39 is 10.9 Å². The average molecular weight is 387 g/mol. The number of hydrogen-bond acceptors (Lipinski definition) is 4. The summed E-state index contributed by atoms with van der Waals surface area (Å²) in [5.41, 5.74) is 4.63. The molecule has 7 heteroatoms. The lowest BCUT2D eigenvalue weighted by atomic mass is 10.0. The number of non-ortho nitro benzene ring substituents is 1. The van der Waals surface area contributed by atoms with Crippen molar-refractivity contribution in [1.29, 1.82) is 5.26 Å². The van der Waals surface area contributed by atoms with Crippen LogP contribution in [0.25, 0.3) is 17.3 Å². The van der Waals surface area contributed by atoms with E-state index in [0.29, 0.717) is 11.1 Å². The summed E-state index contributed by atoms with van der Waals surface area (Å²) in [5.74, 6) is -1.02. The summed E-state index contributed by atoms with van der Waals surface area (Å²) in [6.45, 7) is 3.82. The molecule has 0 aliphatic carbocycles. The van der Waals surface area contributed by atoms with Gasteiger partial charge in [-0.25, -0.2) is 4.79 Å². The Morgan fingerprint density at radius 1 is 1.10 bits per heavy atom. The highest BCUT2D eigenvalue weighted by Gasteiger charge is 2.13. The summed E-state index contributed by atoms with van der Waals surface area (Å²) in [7, 11) is 0. The molecule has 0 aliphatic rings. The lowest BCUT2D eigenvalue weighted by molar-refractivity contribution is -0.384. The molecule has 0 saturated heterocycles. The van der Waals surface area contributed by atoms with E-state index >= 15 is 0 Å². The first-order valence-electron chi connectivity index (χ1n) is 8.71. The molecule has 0 spiro atoms. The zero-order valence-corrected chi connectivity index (χ0v) is 15.8. The zero-order chi connectivity index (χ0) is 21.1. The Kier molecular flexibility index (Phi) is 5.28. The molecule has 29 heavy (non-hydrogen) atoms. The van der Waals surface area contributed by atoms with E-state index in [0.717, 1.165) is 22.6 Å². The van der Waals surface area contributed by atoms with Gasteiger partial charge in [0.1, 0.15) is 0 Å². The summed E-state index contributed by atoms with van der Waals surface area (Å²) in [5, 5.41) is 29.5. The molecule has 3 aromatic rings. The quantitative estimate of drug-likeness (QED) is 0.385. The molecule has 0 aliphatic heterocycles. The van der Waals surface area contributed by atoms with Crippen molar-refractivity contribution in [3.8, 4) is 11.8 Å². The number of carboxylic acid groups (broad SMARTS) is 1. The van der Waals surface area contributed by atoms with Crippen LogP contribution in [0.15, 0.2) is 54.6 Å². The van der Waals surface area contributed by atoms with Crippen molar-refractivity contribution in [2.24, 2.45) is 0 Å². The van der Waals surface area contributed by atoms with Crippen LogP contribution >= 0.6 is 0 Å². The molecule has 144 valence electrons. The molecular weight excluding hydrogens is 370 g/mol. The number of rotatable bonds is 5. The number of aromatic nitrogens is 1. The van der Waals surface area contributed by atoms with Crippen LogP contribution in [0.5, 0.6) is 0 Å². The molecule has 0 unspecified atom stereocenters. The molecule has 1 heterocycles. The maximum atomic E-state index is 11.0. The van der Waals surface area contributed by atoms with Gasteiger partial charge in [0, 0.05) is 29.2 Å². The Hall–Kier alpha value is -4.18. The summed E-state index contributed by atoms with van der Waals surface area (Å²) in [6.07, 6.45) is 1.75. The van der Waals surface area contributed by atoms with E-state index in [9.17, 15) is 20.2 Å². The van der Waals surface area contributed by atoms with Gasteiger partial charge in [-0.2, -0.15) is 5.26 Å². The van der Waals surface area contributed by atoms with Crippen LogP contribution in [-0.2, 0) is 0 Å². The smallest absolute Gasteiger partial charge is 0.335 e. The lowest BCUT2D eigenvalue weighted by Crippen LogP contribution is -1.99. The number of nitro groups is 1. The zero-order valence-electron chi connectivity index (χ0n) is 15.8. The highest BCUT2D eigenvalue weighted by Crippen LogP contribution is 2.26. The van der Waals surface area contributed by atoms with Crippen LogP contribution in [-0.4, -0.2) is 20.6 Å². The second-order valence-corrected chi connectivity index (χ2v) is 6.49. The Morgan fingerprint density at radius 3 is 2.21 bits per heavy atom. The van der Waals surface area contributed by atoms with Crippen LogP contribution in [0.4, 0.5) is 5.69 Å². The fraction of sp³-hybridized carbons (Fsp3) is 0.0909. The van der Waals surface area contributed by atoms with Crippen LogP contribution in [0.1, 0.15) is 32.9 Å². The van der Waals surface area contributed by atoms with Crippen molar-refractivity contribution in [2.75, 3.05) is 0 Å². The Labute approximate surface area is 166 Å². The predicted octanol–water partition coefficient (Wildman–Crippen LogP) is 4.76. The van der Waals surface area contributed by atoms with E-state index in [1.54, 1.807) is 30.3 Å².